The first-order valence-electron chi connectivity index (χ1n) is 5.95. The van der Waals surface area contributed by atoms with Crippen molar-refractivity contribution >= 4 is 17.5 Å². The average Bonchev–Trinajstić information content (AvgIpc) is 2.77. The van der Waals surface area contributed by atoms with Crippen molar-refractivity contribution in [2.24, 2.45) is 0 Å². The van der Waals surface area contributed by atoms with Gasteiger partial charge in [-0.2, -0.15) is 5.10 Å². The maximum atomic E-state index is 11.9. The normalized spacial score (nSPS) is 10.2. The molecule has 1 aromatic rings. The lowest BCUT2D eigenvalue weighted by atomic mass is 10.3. The van der Waals surface area contributed by atoms with Gasteiger partial charge in [0, 0.05) is 20.2 Å². The average molecular weight is 269 g/mol. The van der Waals surface area contributed by atoms with Crippen molar-refractivity contribution in [3.8, 4) is 0 Å². The molecule has 0 fully saturated rings. The molecule has 0 aromatic carbocycles. The van der Waals surface area contributed by atoms with Gasteiger partial charge in [0.05, 0.1) is 25.0 Å². The number of ether oxygens (including phenoxy) is 1. The molecule has 0 bridgehead atoms. The highest BCUT2D eigenvalue weighted by atomic mass is 16.5. The van der Waals surface area contributed by atoms with Gasteiger partial charge in [0.1, 0.15) is 5.69 Å². The van der Waals surface area contributed by atoms with Gasteiger partial charge >= 0.3 is 0 Å². The minimum atomic E-state index is -0.418. The van der Waals surface area contributed by atoms with Crippen LogP contribution < -0.4 is 16.4 Å². The Morgan fingerprint density at radius 1 is 1.47 bits per heavy atom. The number of methoxy groups -OCH3 is 1. The number of aromatic nitrogens is 2. The predicted octanol–water partition coefficient (Wildman–Crippen LogP) is -1.02. The van der Waals surface area contributed by atoms with Crippen molar-refractivity contribution < 1.29 is 14.3 Å². The Kier molecular flexibility index (Phi) is 5.80. The molecule has 0 spiro atoms. The zero-order chi connectivity index (χ0) is 14.3. The van der Waals surface area contributed by atoms with Crippen LogP contribution in [0.5, 0.6) is 0 Å². The van der Waals surface area contributed by atoms with E-state index in [1.807, 2.05) is 6.92 Å². The second-order valence-electron chi connectivity index (χ2n) is 3.79. The molecule has 0 aliphatic rings. The van der Waals surface area contributed by atoms with Crippen molar-refractivity contribution in [1.29, 1.82) is 0 Å². The van der Waals surface area contributed by atoms with Gasteiger partial charge in [0.15, 0.2) is 0 Å². The molecule has 0 saturated heterocycles. The third kappa shape index (κ3) is 4.25. The number of anilines is 1. The van der Waals surface area contributed by atoms with Crippen LogP contribution >= 0.6 is 0 Å². The highest BCUT2D eigenvalue weighted by Crippen LogP contribution is 2.09. The fourth-order valence-corrected chi connectivity index (χ4v) is 1.49. The Bertz CT molecular complexity index is 444. The van der Waals surface area contributed by atoms with Gasteiger partial charge in [-0.05, 0) is 6.92 Å². The minimum absolute atomic E-state index is 0.114. The Labute approximate surface area is 111 Å². The Morgan fingerprint density at radius 3 is 2.84 bits per heavy atom. The van der Waals surface area contributed by atoms with Crippen LogP contribution in [0, 0.1) is 0 Å². The first-order valence-corrected chi connectivity index (χ1v) is 5.95. The summed E-state index contributed by atoms with van der Waals surface area (Å²) in [4.78, 5) is 23.3. The van der Waals surface area contributed by atoms with Crippen LogP contribution in [0.2, 0.25) is 0 Å². The number of hydrogen-bond donors (Lipinski definition) is 3. The Balaban J connectivity index is 2.47. The van der Waals surface area contributed by atoms with Gasteiger partial charge in [0.25, 0.3) is 5.91 Å². The number of carbonyl (C=O) groups is 2. The van der Waals surface area contributed by atoms with Gasteiger partial charge in [-0.15, -0.1) is 0 Å². The molecular formula is C11H19N5O3. The fourth-order valence-electron chi connectivity index (χ4n) is 1.49. The maximum absolute atomic E-state index is 11.9. The van der Waals surface area contributed by atoms with Crippen LogP contribution in [0.4, 0.5) is 5.69 Å². The summed E-state index contributed by atoms with van der Waals surface area (Å²) in [5.41, 5.74) is 6.22. The molecule has 0 atom stereocenters. The second-order valence-corrected chi connectivity index (χ2v) is 3.79. The molecule has 0 unspecified atom stereocenters. The van der Waals surface area contributed by atoms with Gasteiger partial charge in [0.2, 0.25) is 5.91 Å². The third-order valence-electron chi connectivity index (χ3n) is 2.42. The Hall–Kier alpha value is -2.09. The quantitative estimate of drug-likeness (QED) is 0.548. The van der Waals surface area contributed by atoms with Crippen LogP contribution in [0.25, 0.3) is 0 Å². The lowest BCUT2D eigenvalue weighted by Gasteiger charge is -2.08. The summed E-state index contributed by atoms with van der Waals surface area (Å²) in [5, 5.41) is 9.05. The summed E-state index contributed by atoms with van der Waals surface area (Å²) in [7, 11) is 1.54. The standard InChI is InChI=1S/C11H19N5O3/c1-3-16-10(8(12)6-15-16)11(18)14-7-9(17)13-4-5-19-2/h6H,3-5,7,12H2,1-2H3,(H,13,17)(H,14,18). The molecule has 0 radical (unpaired) electrons. The molecule has 0 saturated carbocycles. The first-order chi connectivity index (χ1) is 9.10. The minimum Gasteiger partial charge on any atom is -0.396 e. The second kappa shape index (κ2) is 7.37. The monoisotopic (exact) mass is 269 g/mol. The molecule has 1 aromatic heterocycles. The zero-order valence-corrected chi connectivity index (χ0v) is 11.1. The van der Waals surface area contributed by atoms with E-state index in [1.165, 1.54) is 10.9 Å². The number of amides is 2. The van der Waals surface area contributed by atoms with Crippen molar-refractivity contribution in [2.45, 2.75) is 13.5 Å². The zero-order valence-electron chi connectivity index (χ0n) is 11.1. The summed E-state index contributed by atoms with van der Waals surface area (Å²) in [6.07, 6.45) is 1.41. The van der Waals surface area contributed by atoms with Crippen molar-refractivity contribution in [3.05, 3.63) is 11.9 Å². The lowest BCUT2D eigenvalue weighted by Crippen LogP contribution is -2.38. The molecule has 2 amide bonds. The van der Waals surface area contributed by atoms with Crippen molar-refractivity contribution in [2.75, 3.05) is 32.5 Å². The van der Waals surface area contributed by atoms with Gasteiger partial charge in [-0.3, -0.25) is 14.3 Å². The highest BCUT2D eigenvalue weighted by molar-refractivity contribution is 5.99. The molecule has 1 heterocycles. The van der Waals surface area contributed by atoms with Crippen LogP contribution in [-0.2, 0) is 16.1 Å². The molecule has 1 rings (SSSR count). The number of nitrogens with two attached hydrogens (primary N) is 1. The number of aryl methyl sites for hydroxylation is 1. The Morgan fingerprint density at radius 2 is 2.21 bits per heavy atom. The van der Waals surface area contributed by atoms with Crippen LogP contribution in [-0.4, -0.2) is 48.4 Å². The van der Waals surface area contributed by atoms with Gasteiger partial charge in [-0.1, -0.05) is 0 Å². The van der Waals surface area contributed by atoms with Crippen molar-refractivity contribution in [3.63, 3.8) is 0 Å². The van der Waals surface area contributed by atoms with E-state index in [0.29, 0.717) is 25.4 Å². The van der Waals surface area contributed by atoms with Crippen LogP contribution in [0.15, 0.2) is 6.20 Å². The largest absolute Gasteiger partial charge is 0.396 e. The van der Waals surface area contributed by atoms with Crippen LogP contribution in [0.1, 0.15) is 17.4 Å². The number of nitrogens with one attached hydrogen (secondary N) is 2. The van der Waals surface area contributed by atoms with E-state index < -0.39 is 5.91 Å². The van der Waals surface area contributed by atoms with E-state index in [2.05, 4.69) is 15.7 Å². The SMILES string of the molecule is CCn1ncc(N)c1C(=O)NCC(=O)NCCOC. The molecular weight excluding hydrogens is 250 g/mol. The first kappa shape index (κ1) is 15.0. The molecule has 0 aliphatic heterocycles. The van der Waals surface area contributed by atoms with E-state index in [9.17, 15) is 9.59 Å². The molecule has 106 valence electrons. The van der Waals surface area contributed by atoms with Crippen LogP contribution in [0.3, 0.4) is 0 Å². The molecule has 19 heavy (non-hydrogen) atoms. The number of carbonyl (C=O) groups excluding carboxylic acids is 2. The van der Waals surface area contributed by atoms with E-state index in [4.69, 9.17) is 10.5 Å². The summed E-state index contributed by atoms with van der Waals surface area (Å²) in [6.45, 7) is 3.09. The number of hydrogen-bond acceptors (Lipinski definition) is 5. The summed E-state index contributed by atoms with van der Waals surface area (Å²) < 4.78 is 6.27. The molecule has 4 N–H and O–H groups in total. The van der Waals surface area contributed by atoms with E-state index in [0.717, 1.165) is 0 Å². The third-order valence-corrected chi connectivity index (χ3v) is 2.42. The predicted molar refractivity (Wildman–Crippen MR) is 69.5 cm³/mol. The molecule has 8 heteroatoms. The summed E-state index contributed by atoms with van der Waals surface area (Å²) >= 11 is 0. The fraction of sp³-hybridized carbons (Fsp3) is 0.545. The van der Waals surface area contributed by atoms with E-state index >= 15 is 0 Å². The lowest BCUT2D eigenvalue weighted by molar-refractivity contribution is -0.120. The van der Waals surface area contributed by atoms with E-state index in [1.54, 1.807) is 7.11 Å². The van der Waals surface area contributed by atoms with Crippen molar-refractivity contribution in [1.82, 2.24) is 20.4 Å². The molecule has 8 nitrogen and oxygen atoms in total. The van der Waals surface area contributed by atoms with Gasteiger partial charge < -0.3 is 21.1 Å². The highest BCUT2D eigenvalue weighted by Gasteiger charge is 2.16. The smallest absolute Gasteiger partial charge is 0.272 e. The van der Waals surface area contributed by atoms with Gasteiger partial charge in [-0.25, -0.2) is 0 Å². The van der Waals surface area contributed by atoms with E-state index in [-0.39, 0.29) is 18.1 Å². The summed E-state index contributed by atoms with van der Waals surface area (Å²) in [6, 6.07) is 0. The number of nitrogen functional groups attached to an aromatic ring is 1. The maximum Gasteiger partial charge on any atom is 0.272 e. The molecule has 0 aliphatic carbocycles. The number of nitrogens with zero attached hydrogens (tertiary/aromatic N) is 2. The summed E-state index contributed by atoms with van der Waals surface area (Å²) in [5.74, 6) is -0.703. The number of rotatable bonds is 7. The topological polar surface area (TPSA) is 111 Å².